The maximum Gasteiger partial charge on any atom is 0.354 e. The average molecular weight is 285 g/mol. The Kier molecular flexibility index (Phi) is 3.64. The standard InChI is InChI=1S/C16H15NO4/c1-2-20-16(18)14-8-12-13(17-14)4-3-5-15(12)21-10-11-6-7-19-9-11/h3-9,17H,2,10H2,1H3. The van der Waals surface area contributed by atoms with E-state index in [1.54, 1.807) is 25.5 Å². The average Bonchev–Trinajstić information content (AvgIpc) is 3.14. The van der Waals surface area contributed by atoms with Gasteiger partial charge in [0.15, 0.2) is 0 Å². The highest BCUT2D eigenvalue weighted by atomic mass is 16.5. The van der Waals surface area contributed by atoms with Crippen molar-refractivity contribution in [2.45, 2.75) is 13.5 Å². The summed E-state index contributed by atoms with van der Waals surface area (Å²) in [6.45, 7) is 2.54. The molecule has 0 atom stereocenters. The van der Waals surface area contributed by atoms with E-state index in [9.17, 15) is 4.79 Å². The number of rotatable bonds is 5. The van der Waals surface area contributed by atoms with Gasteiger partial charge < -0.3 is 18.9 Å². The number of nitrogens with one attached hydrogen (secondary N) is 1. The molecule has 5 heteroatoms. The summed E-state index contributed by atoms with van der Waals surface area (Å²) in [5, 5.41) is 0.851. The number of furan rings is 1. The van der Waals surface area contributed by atoms with E-state index in [1.165, 1.54) is 0 Å². The number of aromatic amines is 1. The molecule has 3 rings (SSSR count). The van der Waals surface area contributed by atoms with Gasteiger partial charge in [0.1, 0.15) is 18.1 Å². The molecule has 0 aliphatic heterocycles. The summed E-state index contributed by atoms with van der Waals surface area (Å²) in [7, 11) is 0. The molecular formula is C16H15NO4. The summed E-state index contributed by atoms with van der Waals surface area (Å²) < 4.78 is 15.8. The number of carbonyl (C=O) groups excluding carboxylic acids is 1. The number of carbonyl (C=O) groups is 1. The number of hydrogen-bond donors (Lipinski definition) is 1. The van der Waals surface area contributed by atoms with E-state index in [0.29, 0.717) is 24.7 Å². The van der Waals surface area contributed by atoms with E-state index in [4.69, 9.17) is 13.9 Å². The zero-order valence-corrected chi connectivity index (χ0v) is 11.6. The number of ether oxygens (including phenoxy) is 2. The van der Waals surface area contributed by atoms with Crippen LogP contribution in [0.5, 0.6) is 5.75 Å². The lowest BCUT2D eigenvalue weighted by atomic mass is 10.2. The highest BCUT2D eigenvalue weighted by Crippen LogP contribution is 2.27. The van der Waals surface area contributed by atoms with E-state index >= 15 is 0 Å². The van der Waals surface area contributed by atoms with Crippen molar-refractivity contribution in [1.29, 1.82) is 0 Å². The molecular weight excluding hydrogens is 270 g/mol. The van der Waals surface area contributed by atoms with Crippen LogP contribution in [0.2, 0.25) is 0 Å². The number of hydrogen-bond acceptors (Lipinski definition) is 4. The van der Waals surface area contributed by atoms with Crippen LogP contribution in [0, 0.1) is 0 Å². The maximum atomic E-state index is 11.8. The van der Waals surface area contributed by atoms with Crippen LogP contribution in [0.1, 0.15) is 23.0 Å². The van der Waals surface area contributed by atoms with Gasteiger partial charge in [0.25, 0.3) is 0 Å². The van der Waals surface area contributed by atoms with Crippen molar-refractivity contribution in [3.05, 3.63) is 54.1 Å². The van der Waals surface area contributed by atoms with E-state index in [1.807, 2.05) is 24.3 Å². The van der Waals surface area contributed by atoms with Crippen LogP contribution in [0.25, 0.3) is 10.9 Å². The first-order valence-electron chi connectivity index (χ1n) is 6.70. The molecule has 3 aromatic rings. The molecule has 0 bridgehead atoms. The fraction of sp³-hybridized carbons (Fsp3) is 0.188. The molecule has 0 amide bonds. The third kappa shape index (κ3) is 2.76. The second-order valence-corrected chi connectivity index (χ2v) is 4.54. The highest BCUT2D eigenvalue weighted by Gasteiger charge is 2.13. The maximum absolute atomic E-state index is 11.8. The molecule has 0 aliphatic carbocycles. The number of benzene rings is 1. The van der Waals surface area contributed by atoms with Gasteiger partial charge in [-0.25, -0.2) is 4.79 Å². The van der Waals surface area contributed by atoms with Crippen LogP contribution >= 0.6 is 0 Å². The Morgan fingerprint density at radius 3 is 3.00 bits per heavy atom. The minimum atomic E-state index is -0.366. The minimum Gasteiger partial charge on any atom is -0.488 e. The fourth-order valence-electron chi connectivity index (χ4n) is 2.11. The van der Waals surface area contributed by atoms with Crippen molar-refractivity contribution in [3.8, 4) is 5.75 Å². The number of H-pyrrole nitrogens is 1. The van der Waals surface area contributed by atoms with Crippen molar-refractivity contribution in [3.63, 3.8) is 0 Å². The zero-order valence-electron chi connectivity index (χ0n) is 11.6. The lowest BCUT2D eigenvalue weighted by molar-refractivity contribution is 0.0520. The lowest BCUT2D eigenvalue weighted by Gasteiger charge is -2.05. The number of esters is 1. The molecule has 1 aromatic carbocycles. The van der Waals surface area contributed by atoms with Gasteiger partial charge in [0, 0.05) is 16.5 Å². The van der Waals surface area contributed by atoms with Crippen LogP contribution in [0.4, 0.5) is 0 Å². The van der Waals surface area contributed by atoms with E-state index in [2.05, 4.69) is 4.98 Å². The van der Waals surface area contributed by atoms with Gasteiger partial charge >= 0.3 is 5.97 Å². The normalized spacial score (nSPS) is 10.7. The molecule has 0 unspecified atom stereocenters. The van der Waals surface area contributed by atoms with Gasteiger partial charge in [0.2, 0.25) is 0 Å². The second-order valence-electron chi connectivity index (χ2n) is 4.54. The van der Waals surface area contributed by atoms with Gasteiger partial charge in [-0.3, -0.25) is 0 Å². The first kappa shape index (κ1) is 13.3. The first-order valence-corrected chi connectivity index (χ1v) is 6.70. The monoisotopic (exact) mass is 285 g/mol. The van der Waals surface area contributed by atoms with E-state index < -0.39 is 0 Å². The number of aromatic nitrogens is 1. The molecule has 0 aliphatic rings. The van der Waals surface area contributed by atoms with Crippen molar-refractivity contribution in [2.24, 2.45) is 0 Å². The highest BCUT2D eigenvalue weighted by molar-refractivity contribution is 5.97. The third-order valence-corrected chi connectivity index (χ3v) is 3.09. The molecule has 1 N–H and O–H groups in total. The Hall–Kier alpha value is -2.69. The molecule has 0 saturated heterocycles. The molecule has 0 fully saturated rings. The van der Waals surface area contributed by atoms with Crippen LogP contribution in [0.3, 0.4) is 0 Å². The predicted octanol–water partition coefficient (Wildman–Crippen LogP) is 3.52. The zero-order chi connectivity index (χ0) is 14.7. The van der Waals surface area contributed by atoms with Crippen molar-refractivity contribution < 1.29 is 18.7 Å². The molecule has 0 spiro atoms. The minimum absolute atomic E-state index is 0.345. The van der Waals surface area contributed by atoms with E-state index in [0.717, 1.165) is 16.5 Å². The van der Waals surface area contributed by atoms with E-state index in [-0.39, 0.29) is 5.97 Å². The van der Waals surface area contributed by atoms with Gasteiger partial charge in [-0.1, -0.05) is 6.07 Å². The van der Waals surface area contributed by atoms with Crippen LogP contribution in [-0.4, -0.2) is 17.6 Å². The van der Waals surface area contributed by atoms with Crippen molar-refractivity contribution >= 4 is 16.9 Å². The predicted molar refractivity (Wildman–Crippen MR) is 77.3 cm³/mol. The topological polar surface area (TPSA) is 64.5 Å². The summed E-state index contributed by atoms with van der Waals surface area (Å²) in [5.74, 6) is 0.343. The molecule has 21 heavy (non-hydrogen) atoms. The molecule has 5 nitrogen and oxygen atoms in total. The van der Waals surface area contributed by atoms with Gasteiger partial charge in [-0.05, 0) is 31.2 Å². The van der Waals surface area contributed by atoms with Crippen LogP contribution in [-0.2, 0) is 11.3 Å². The Bertz CT molecular complexity index is 743. The quantitative estimate of drug-likeness (QED) is 0.728. The Morgan fingerprint density at radius 1 is 1.33 bits per heavy atom. The Labute approximate surface area is 121 Å². The molecule has 2 heterocycles. The van der Waals surface area contributed by atoms with Crippen molar-refractivity contribution in [1.82, 2.24) is 4.98 Å². The Balaban J connectivity index is 1.86. The molecule has 0 saturated carbocycles. The molecule has 108 valence electrons. The summed E-state index contributed by atoms with van der Waals surface area (Å²) in [6, 6.07) is 9.23. The second kappa shape index (κ2) is 5.75. The lowest BCUT2D eigenvalue weighted by Crippen LogP contribution is -2.04. The van der Waals surface area contributed by atoms with Gasteiger partial charge in [0.05, 0.1) is 19.1 Å². The van der Waals surface area contributed by atoms with Crippen molar-refractivity contribution in [2.75, 3.05) is 6.61 Å². The third-order valence-electron chi connectivity index (χ3n) is 3.09. The SMILES string of the molecule is CCOC(=O)c1cc2c(OCc3ccoc3)cccc2[nH]1. The largest absolute Gasteiger partial charge is 0.488 e. The summed E-state index contributed by atoms with van der Waals surface area (Å²) in [5.41, 5.74) is 2.21. The van der Waals surface area contributed by atoms with Gasteiger partial charge in [-0.15, -0.1) is 0 Å². The van der Waals surface area contributed by atoms with Crippen LogP contribution in [0.15, 0.2) is 47.3 Å². The summed E-state index contributed by atoms with van der Waals surface area (Å²) in [6.07, 6.45) is 3.25. The smallest absolute Gasteiger partial charge is 0.354 e. The van der Waals surface area contributed by atoms with Crippen LogP contribution < -0.4 is 4.74 Å². The molecule has 0 radical (unpaired) electrons. The fourth-order valence-corrected chi connectivity index (χ4v) is 2.11. The number of fused-ring (bicyclic) bond motifs is 1. The Morgan fingerprint density at radius 2 is 2.24 bits per heavy atom. The van der Waals surface area contributed by atoms with Gasteiger partial charge in [-0.2, -0.15) is 0 Å². The summed E-state index contributed by atoms with van der Waals surface area (Å²) in [4.78, 5) is 14.8. The summed E-state index contributed by atoms with van der Waals surface area (Å²) >= 11 is 0. The first-order chi connectivity index (χ1) is 10.3. The molecule has 2 aromatic heterocycles.